The molecule has 38 heavy (non-hydrogen) atoms. The number of rotatable bonds is 11. The highest BCUT2D eigenvalue weighted by Gasteiger charge is 2.13. The zero-order valence-electron chi connectivity index (χ0n) is 20.6. The highest BCUT2D eigenvalue weighted by Crippen LogP contribution is 2.28. The Hall–Kier alpha value is -4.08. The topological polar surface area (TPSA) is 115 Å². The van der Waals surface area contributed by atoms with Crippen molar-refractivity contribution in [2.75, 3.05) is 20.3 Å². The van der Waals surface area contributed by atoms with E-state index < -0.39 is 17.8 Å². The number of nitrogens with zero attached hydrogens (tertiary/aromatic N) is 1. The van der Waals surface area contributed by atoms with Crippen LogP contribution in [0.5, 0.6) is 17.2 Å². The van der Waals surface area contributed by atoms with Crippen LogP contribution in [0.15, 0.2) is 65.8 Å². The van der Waals surface area contributed by atoms with E-state index in [1.165, 1.54) is 31.5 Å². The lowest BCUT2D eigenvalue weighted by Gasteiger charge is -2.10. The molecule has 0 aliphatic rings. The molecule has 198 valence electrons. The van der Waals surface area contributed by atoms with E-state index in [4.69, 9.17) is 37.4 Å². The number of hydrazone groups is 1. The standard InChI is InChI=1S/C27H25Cl2N3O6/c1-3-12-37-20-8-5-18(6-9-20)27(35)38-23-11-4-17(13-24(23)36-2)15-31-32-25(33)16-30-26(34)19-7-10-21(28)22(29)14-19/h4-11,13-15H,3,12,16H2,1-2H3,(H,30,34)(H,32,33). The molecule has 0 aliphatic heterocycles. The number of carbonyl (C=O) groups excluding carboxylic acids is 3. The van der Waals surface area contributed by atoms with Gasteiger partial charge in [-0.1, -0.05) is 30.1 Å². The molecule has 0 heterocycles. The van der Waals surface area contributed by atoms with E-state index in [2.05, 4.69) is 15.8 Å². The van der Waals surface area contributed by atoms with Crippen LogP contribution in [0.2, 0.25) is 10.0 Å². The minimum absolute atomic E-state index is 0.218. The second-order valence-electron chi connectivity index (χ2n) is 7.78. The van der Waals surface area contributed by atoms with Gasteiger partial charge in [0.05, 0.1) is 42.1 Å². The van der Waals surface area contributed by atoms with Gasteiger partial charge in [-0.3, -0.25) is 9.59 Å². The Bertz CT molecular complexity index is 1330. The van der Waals surface area contributed by atoms with Crippen molar-refractivity contribution in [2.24, 2.45) is 5.10 Å². The minimum Gasteiger partial charge on any atom is -0.494 e. The number of esters is 1. The molecule has 0 unspecified atom stereocenters. The fraction of sp³-hybridized carbons (Fsp3) is 0.185. The van der Waals surface area contributed by atoms with Gasteiger partial charge in [0.2, 0.25) is 0 Å². The molecule has 2 amide bonds. The van der Waals surface area contributed by atoms with E-state index in [-0.39, 0.29) is 22.9 Å². The summed E-state index contributed by atoms with van der Waals surface area (Å²) < 4.78 is 16.3. The van der Waals surface area contributed by atoms with Gasteiger partial charge in [0.25, 0.3) is 11.8 Å². The predicted molar refractivity (Wildman–Crippen MR) is 145 cm³/mol. The van der Waals surface area contributed by atoms with Crippen molar-refractivity contribution in [3.05, 3.63) is 87.4 Å². The molecule has 3 aromatic carbocycles. The third kappa shape index (κ3) is 8.22. The van der Waals surface area contributed by atoms with E-state index in [9.17, 15) is 14.4 Å². The Morgan fingerprint density at radius 1 is 0.921 bits per heavy atom. The van der Waals surface area contributed by atoms with Crippen LogP contribution in [0.1, 0.15) is 39.6 Å². The summed E-state index contributed by atoms with van der Waals surface area (Å²) in [5, 5.41) is 6.89. The quantitative estimate of drug-likeness (QED) is 0.150. The molecule has 2 N–H and O–H groups in total. The van der Waals surface area contributed by atoms with Crippen LogP contribution in [-0.4, -0.2) is 44.3 Å². The number of methoxy groups -OCH3 is 1. The Morgan fingerprint density at radius 2 is 1.66 bits per heavy atom. The van der Waals surface area contributed by atoms with Crippen LogP contribution in [-0.2, 0) is 4.79 Å². The normalized spacial score (nSPS) is 10.6. The van der Waals surface area contributed by atoms with Crippen molar-refractivity contribution in [2.45, 2.75) is 13.3 Å². The summed E-state index contributed by atoms with van der Waals surface area (Å²) in [4.78, 5) is 36.7. The average Bonchev–Trinajstić information content (AvgIpc) is 2.93. The van der Waals surface area contributed by atoms with Gasteiger partial charge in [0.1, 0.15) is 5.75 Å². The first-order chi connectivity index (χ1) is 18.3. The molecule has 0 aromatic heterocycles. The lowest BCUT2D eigenvalue weighted by atomic mass is 10.2. The minimum atomic E-state index is -0.554. The van der Waals surface area contributed by atoms with Crippen molar-refractivity contribution in [1.82, 2.24) is 10.7 Å². The maximum absolute atomic E-state index is 12.5. The summed E-state index contributed by atoms with van der Waals surface area (Å²) in [5.41, 5.74) is 3.50. The molecule has 0 saturated carbocycles. The van der Waals surface area contributed by atoms with Gasteiger partial charge in [-0.2, -0.15) is 5.10 Å². The molecule has 0 bridgehead atoms. The third-order valence-electron chi connectivity index (χ3n) is 4.95. The molecule has 11 heteroatoms. The highest BCUT2D eigenvalue weighted by atomic mass is 35.5. The molecule has 3 aromatic rings. The smallest absolute Gasteiger partial charge is 0.343 e. The van der Waals surface area contributed by atoms with Gasteiger partial charge in [-0.05, 0) is 72.6 Å². The van der Waals surface area contributed by atoms with Gasteiger partial charge in [-0.25, -0.2) is 10.2 Å². The summed E-state index contributed by atoms with van der Waals surface area (Å²) in [5.74, 6) is -0.399. The third-order valence-corrected chi connectivity index (χ3v) is 5.69. The van der Waals surface area contributed by atoms with Crippen molar-refractivity contribution in [3.8, 4) is 17.2 Å². The molecule has 0 saturated heterocycles. The molecule has 0 fully saturated rings. The van der Waals surface area contributed by atoms with Crippen molar-refractivity contribution >= 4 is 47.2 Å². The number of carbonyl (C=O) groups is 3. The van der Waals surface area contributed by atoms with Crippen LogP contribution < -0.4 is 25.0 Å². The number of ether oxygens (including phenoxy) is 3. The van der Waals surface area contributed by atoms with Gasteiger partial charge < -0.3 is 19.5 Å². The first-order valence-electron chi connectivity index (χ1n) is 11.5. The molecule has 0 atom stereocenters. The van der Waals surface area contributed by atoms with Crippen molar-refractivity contribution in [1.29, 1.82) is 0 Å². The van der Waals surface area contributed by atoms with Gasteiger partial charge in [0, 0.05) is 5.56 Å². The van der Waals surface area contributed by atoms with Gasteiger partial charge in [0.15, 0.2) is 11.5 Å². The van der Waals surface area contributed by atoms with E-state index in [1.807, 2.05) is 6.92 Å². The Kier molecular flexibility index (Phi) is 10.5. The number of amides is 2. The Morgan fingerprint density at radius 3 is 2.34 bits per heavy atom. The van der Waals surface area contributed by atoms with Crippen molar-refractivity contribution < 1.29 is 28.6 Å². The highest BCUT2D eigenvalue weighted by molar-refractivity contribution is 6.42. The second-order valence-corrected chi connectivity index (χ2v) is 8.59. The van der Waals surface area contributed by atoms with Crippen molar-refractivity contribution in [3.63, 3.8) is 0 Å². The van der Waals surface area contributed by atoms with Gasteiger partial charge >= 0.3 is 5.97 Å². The Labute approximate surface area is 229 Å². The lowest BCUT2D eigenvalue weighted by Crippen LogP contribution is -2.34. The molecular weight excluding hydrogens is 533 g/mol. The SMILES string of the molecule is CCCOc1ccc(C(=O)Oc2ccc(C=NNC(=O)CNC(=O)c3ccc(Cl)c(Cl)c3)cc2OC)cc1. The molecule has 9 nitrogen and oxygen atoms in total. The Balaban J connectivity index is 1.52. The van der Waals surface area contributed by atoms with Crippen LogP contribution in [0.4, 0.5) is 0 Å². The zero-order valence-corrected chi connectivity index (χ0v) is 22.1. The molecular formula is C27H25Cl2N3O6. The number of hydrogen-bond donors (Lipinski definition) is 2. The first kappa shape index (κ1) is 28.5. The number of nitrogens with one attached hydrogen (secondary N) is 2. The first-order valence-corrected chi connectivity index (χ1v) is 12.2. The van der Waals surface area contributed by atoms with Gasteiger partial charge in [-0.15, -0.1) is 0 Å². The molecule has 3 rings (SSSR count). The van der Waals surface area contributed by atoms with Crippen LogP contribution >= 0.6 is 23.2 Å². The summed E-state index contributed by atoms with van der Waals surface area (Å²) >= 11 is 11.7. The lowest BCUT2D eigenvalue weighted by molar-refractivity contribution is -0.120. The largest absolute Gasteiger partial charge is 0.494 e. The molecule has 0 radical (unpaired) electrons. The number of halogens is 2. The van der Waals surface area contributed by atoms with E-state index in [1.54, 1.807) is 42.5 Å². The van der Waals surface area contributed by atoms with Crippen LogP contribution in [0.3, 0.4) is 0 Å². The summed E-state index contributed by atoms with van der Waals surface area (Å²) in [6.07, 6.45) is 2.26. The van der Waals surface area contributed by atoms with E-state index in [0.29, 0.717) is 34.3 Å². The van der Waals surface area contributed by atoms with Crippen LogP contribution in [0, 0.1) is 0 Å². The summed E-state index contributed by atoms with van der Waals surface area (Å²) in [6.45, 7) is 2.30. The monoisotopic (exact) mass is 557 g/mol. The fourth-order valence-electron chi connectivity index (χ4n) is 3.03. The fourth-order valence-corrected chi connectivity index (χ4v) is 3.33. The maximum atomic E-state index is 12.5. The van der Waals surface area contributed by atoms with E-state index in [0.717, 1.165) is 6.42 Å². The summed E-state index contributed by atoms with van der Waals surface area (Å²) in [7, 11) is 1.44. The molecule has 0 spiro atoms. The zero-order chi connectivity index (χ0) is 27.5. The van der Waals surface area contributed by atoms with E-state index >= 15 is 0 Å². The number of benzene rings is 3. The maximum Gasteiger partial charge on any atom is 0.343 e. The second kappa shape index (κ2) is 14.0. The predicted octanol–water partition coefficient (Wildman–Crippen LogP) is 4.89. The summed E-state index contributed by atoms with van der Waals surface area (Å²) in [6, 6.07) is 15.8. The molecule has 0 aliphatic carbocycles. The number of hydrogen-bond acceptors (Lipinski definition) is 7. The van der Waals surface area contributed by atoms with Crippen LogP contribution in [0.25, 0.3) is 0 Å². The average molecular weight is 558 g/mol.